The van der Waals surface area contributed by atoms with Gasteiger partial charge in [-0.3, -0.25) is 4.68 Å². The van der Waals surface area contributed by atoms with Crippen molar-refractivity contribution in [2.75, 3.05) is 24.6 Å². The topological polar surface area (TPSA) is 91.5 Å². The van der Waals surface area contributed by atoms with Crippen LogP contribution in [0.1, 0.15) is 15.9 Å². The second kappa shape index (κ2) is 5.34. The second-order valence-corrected chi connectivity index (χ2v) is 6.34. The van der Waals surface area contributed by atoms with E-state index in [9.17, 15) is 9.90 Å². The van der Waals surface area contributed by atoms with Crippen molar-refractivity contribution in [1.82, 2.24) is 14.8 Å². The Morgan fingerprint density at radius 2 is 2.04 bits per heavy atom. The van der Waals surface area contributed by atoms with Crippen molar-refractivity contribution in [2.24, 2.45) is 17.8 Å². The molecule has 2 aromatic rings. The molecule has 1 unspecified atom stereocenters. The normalized spacial score (nSPS) is 25.4. The van der Waals surface area contributed by atoms with Crippen LogP contribution < -0.4 is 4.90 Å². The summed E-state index contributed by atoms with van der Waals surface area (Å²) in [5, 5.41) is 22.1. The Bertz CT molecular complexity index is 715. The summed E-state index contributed by atoms with van der Waals surface area (Å²) < 4.78 is 1.59. The molecule has 1 aliphatic heterocycles. The van der Waals surface area contributed by atoms with E-state index in [-0.39, 0.29) is 5.56 Å². The SMILES string of the molecule is O=C(O)c1cnn(Cc2ccc(N3C[C@@H]4C(CO)[C@@H]4C3)nc2)c1. The minimum atomic E-state index is -0.974. The third-order valence-electron chi connectivity index (χ3n) is 4.94. The smallest absolute Gasteiger partial charge is 0.338 e. The van der Waals surface area contributed by atoms with Crippen LogP contribution in [0, 0.1) is 17.8 Å². The molecule has 7 nitrogen and oxygen atoms in total. The van der Waals surface area contributed by atoms with E-state index in [0.717, 1.165) is 24.5 Å². The van der Waals surface area contributed by atoms with Gasteiger partial charge in [-0.15, -0.1) is 0 Å². The Balaban J connectivity index is 1.39. The Morgan fingerprint density at radius 3 is 2.61 bits per heavy atom. The van der Waals surface area contributed by atoms with Crippen LogP contribution in [0.15, 0.2) is 30.7 Å². The van der Waals surface area contributed by atoms with Crippen LogP contribution in [0.2, 0.25) is 0 Å². The Morgan fingerprint density at radius 1 is 1.26 bits per heavy atom. The molecule has 3 atom stereocenters. The van der Waals surface area contributed by atoms with Gasteiger partial charge in [0.15, 0.2) is 0 Å². The number of hydrogen-bond acceptors (Lipinski definition) is 5. The van der Waals surface area contributed by atoms with Gasteiger partial charge in [-0.1, -0.05) is 6.07 Å². The highest BCUT2D eigenvalue weighted by Crippen LogP contribution is 2.51. The Labute approximate surface area is 133 Å². The molecule has 2 aromatic heterocycles. The van der Waals surface area contributed by atoms with E-state index in [1.54, 1.807) is 4.68 Å². The molecule has 0 spiro atoms. The summed E-state index contributed by atoms with van der Waals surface area (Å²) in [6.07, 6.45) is 4.67. The van der Waals surface area contributed by atoms with E-state index in [4.69, 9.17) is 5.11 Å². The molecule has 4 rings (SSSR count). The van der Waals surface area contributed by atoms with Gasteiger partial charge >= 0.3 is 5.97 Å². The minimum absolute atomic E-state index is 0.185. The summed E-state index contributed by atoms with van der Waals surface area (Å²) in [5.41, 5.74) is 1.16. The highest BCUT2D eigenvalue weighted by atomic mass is 16.4. The van der Waals surface area contributed by atoms with E-state index < -0.39 is 5.97 Å². The van der Waals surface area contributed by atoms with Crippen molar-refractivity contribution in [3.63, 3.8) is 0 Å². The molecule has 1 aliphatic carbocycles. The molecule has 0 bridgehead atoms. The molecule has 120 valence electrons. The first-order valence-corrected chi connectivity index (χ1v) is 7.72. The maximum atomic E-state index is 10.8. The van der Waals surface area contributed by atoms with Crippen molar-refractivity contribution in [1.29, 1.82) is 0 Å². The van der Waals surface area contributed by atoms with Gasteiger partial charge in [0, 0.05) is 32.1 Å². The Kier molecular flexibility index (Phi) is 3.30. The number of anilines is 1. The van der Waals surface area contributed by atoms with Crippen LogP contribution in [0.25, 0.3) is 0 Å². The Hall–Kier alpha value is -2.41. The fourth-order valence-electron chi connectivity index (χ4n) is 3.55. The summed E-state index contributed by atoms with van der Waals surface area (Å²) in [6, 6.07) is 3.99. The minimum Gasteiger partial charge on any atom is -0.478 e. The first-order chi connectivity index (χ1) is 11.2. The summed E-state index contributed by atoms with van der Waals surface area (Å²) in [4.78, 5) is 17.6. The van der Waals surface area contributed by atoms with Crippen molar-refractivity contribution in [2.45, 2.75) is 6.54 Å². The molecule has 0 amide bonds. The molecule has 0 aromatic carbocycles. The third kappa shape index (κ3) is 2.57. The number of aromatic nitrogens is 3. The second-order valence-electron chi connectivity index (χ2n) is 6.34. The van der Waals surface area contributed by atoms with Gasteiger partial charge in [-0.2, -0.15) is 5.10 Å². The standard InChI is InChI=1S/C16H18N4O3/c21-9-14-12-7-19(8-13(12)14)15-2-1-10(3-17-15)5-20-6-11(4-18-20)16(22)23/h1-4,6,12-14,21H,5,7-9H2,(H,22,23)/t12-,13+,14?. The van der Waals surface area contributed by atoms with Gasteiger partial charge in [0.2, 0.25) is 0 Å². The number of carboxylic acid groups (broad SMARTS) is 1. The number of carbonyl (C=O) groups is 1. The monoisotopic (exact) mass is 314 g/mol. The number of piperidine rings is 1. The highest BCUT2D eigenvalue weighted by molar-refractivity contribution is 5.86. The summed E-state index contributed by atoms with van der Waals surface area (Å²) >= 11 is 0. The summed E-state index contributed by atoms with van der Waals surface area (Å²) in [5.74, 6) is 1.73. The predicted molar refractivity (Wildman–Crippen MR) is 82.3 cm³/mol. The number of fused-ring (bicyclic) bond motifs is 1. The molecule has 23 heavy (non-hydrogen) atoms. The lowest BCUT2D eigenvalue weighted by atomic mass is 10.2. The zero-order chi connectivity index (χ0) is 16.0. The van der Waals surface area contributed by atoms with Gasteiger partial charge in [0.25, 0.3) is 0 Å². The number of carboxylic acids is 1. The predicted octanol–water partition coefficient (Wildman–Crippen LogP) is 0.699. The van der Waals surface area contributed by atoms with E-state index in [1.165, 1.54) is 12.4 Å². The fraction of sp³-hybridized carbons (Fsp3) is 0.438. The fourth-order valence-corrected chi connectivity index (χ4v) is 3.55. The molecular formula is C16H18N4O3. The van der Waals surface area contributed by atoms with E-state index in [2.05, 4.69) is 15.0 Å². The van der Waals surface area contributed by atoms with Crippen LogP contribution in [-0.2, 0) is 6.54 Å². The highest BCUT2D eigenvalue weighted by Gasteiger charge is 2.55. The summed E-state index contributed by atoms with van der Waals surface area (Å²) in [7, 11) is 0. The van der Waals surface area contributed by atoms with Gasteiger partial charge in [0.05, 0.1) is 18.3 Å². The first-order valence-electron chi connectivity index (χ1n) is 7.72. The van der Waals surface area contributed by atoms with Gasteiger partial charge in [0.1, 0.15) is 5.82 Å². The van der Waals surface area contributed by atoms with Gasteiger partial charge in [-0.05, 0) is 29.4 Å². The van der Waals surface area contributed by atoms with Crippen LogP contribution in [-0.4, -0.2) is 50.6 Å². The summed E-state index contributed by atoms with van der Waals surface area (Å²) in [6.45, 7) is 2.75. The quantitative estimate of drug-likeness (QED) is 0.844. The van der Waals surface area contributed by atoms with Gasteiger partial charge < -0.3 is 15.1 Å². The van der Waals surface area contributed by atoms with E-state index in [1.807, 2.05) is 18.3 Å². The molecular weight excluding hydrogens is 296 g/mol. The number of rotatable bonds is 5. The van der Waals surface area contributed by atoms with E-state index >= 15 is 0 Å². The molecule has 3 heterocycles. The molecule has 1 saturated carbocycles. The number of pyridine rings is 1. The number of aliphatic hydroxyl groups excluding tert-OH is 1. The van der Waals surface area contributed by atoms with Crippen molar-refractivity contribution >= 4 is 11.8 Å². The van der Waals surface area contributed by atoms with Crippen LogP contribution in [0.5, 0.6) is 0 Å². The zero-order valence-electron chi connectivity index (χ0n) is 12.5. The lowest BCUT2D eigenvalue weighted by Crippen LogP contribution is -2.25. The third-order valence-corrected chi connectivity index (χ3v) is 4.94. The first kappa shape index (κ1) is 14.2. The number of aromatic carboxylic acids is 1. The van der Waals surface area contributed by atoms with Crippen molar-refractivity contribution < 1.29 is 15.0 Å². The zero-order valence-corrected chi connectivity index (χ0v) is 12.5. The lowest BCUT2D eigenvalue weighted by Gasteiger charge is -2.20. The number of hydrogen-bond donors (Lipinski definition) is 2. The molecule has 1 saturated heterocycles. The molecule has 2 fully saturated rings. The van der Waals surface area contributed by atoms with E-state index in [0.29, 0.717) is 30.9 Å². The molecule has 7 heteroatoms. The lowest BCUT2D eigenvalue weighted by molar-refractivity contribution is 0.0696. The van der Waals surface area contributed by atoms with Crippen molar-refractivity contribution in [3.05, 3.63) is 41.9 Å². The number of nitrogens with zero attached hydrogens (tertiary/aromatic N) is 4. The molecule has 0 radical (unpaired) electrons. The van der Waals surface area contributed by atoms with Crippen molar-refractivity contribution in [3.8, 4) is 0 Å². The van der Waals surface area contributed by atoms with Crippen LogP contribution in [0.3, 0.4) is 0 Å². The van der Waals surface area contributed by atoms with Gasteiger partial charge in [-0.25, -0.2) is 9.78 Å². The molecule has 2 N–H and O–H groups in total. The van der Waals surface area contributed by atoms with Crippen LogP contribution >= 0.6 is 0 Å². The number of aliphatic hydroxyl groups is 1. The molecule has 2 aliphatic rings. The average molecular weight is 314 g/mol. The largest absolute Gasteiger partial charge is 0.478 e. The maximum Gasteiger partial charge on any atom is 0.338 e. The average Bonchev–Trinajstić information content (AvgIpc) is 2.94. The van der Waals surface area contributed by atoms with Crippen LogP contribution in [0.4, 0.5) is 5.82 Å². The maximum absolute atomic E-state index is 10.8.